The maximum atomic E-state index is 6.27. The fraction of sp³-hybridized carbons (Fsp3) is 0.455. The first-order valence-electron chi connectivity index (χ1n) is 5.13. The van der Waals surface area contributed by atoms with Crippen molar-refractivity contribution in [3.8, 4) is 0 Å². The highest BCUT2D eigenvalue weighted by Crippen LogP contribution is 2.31. The molecule has 0 aliphatic heterocycles. The number of fused-ring (bicyclic) bond motifs is 1. The van der Waals surface area contributed by atoms with Crippen LogP contribution >= 0.6 is 34.8 Å². The predicted molar refractivity (Wildman–Crippen MR) is 71.1 cm³/mol. The summed E-state index contributed by atoms with van der Waals surface area (Å²) in [4.78, 5) is 7.98. The summed E-state index contributed by atoms with van der Waals surface area (Å²) in [6.45, 7) is 6.17. The molecule has 6 heteroatoms. The lowest BCUT2D eigenvalue weighted by Crippen LogP contribution is -2.12. The van der Waals surface area contributed by atoms with Gasteiger partial charge in [-0.05, 0) is 0 Å². The summed E-state index contributed by atoms with van der Waals surface area (Å²) in [5.74, 6) is 0. The number of rotatable bonds is 1. The van der Waals surface area contributed by atoms with Gasteiger partial charge in [-0.15, -0.1) is 0 Å². The summed E-state index contributed by atoms with van der Waals surface area (Å²) in [5.41, 5.74) is 1.99. The quantitative estimate of drug-likeness (QED) is 0.739. The third-order valence-corrected chi connectivity index (χ3v) is 3.22. The van der Waals surface area contributed by atoms with E-state index in [1.54, 1.807) is 16.8 Å². The van der Waals surface area contributed by atoms with E-state index in [4.69, 9.17) is 34.8 Å². The van der Waals surface area contributed by atoms with Crippen molar-refractivity contribution in [1.29, 1.82) is 0 Å². The van der Waals surface area contributed by atoms with Crippen LogP contribution < -0.4 is 0 Å². The highest BCUT2D eigenvalue weighted by molar-refractivity contribution is 6.43. The van der Waals surface area contributed by atoms with E-state index in [9.17, 15) is 0 Å². The number of hydrogen-bond acceptors (Lipinski definition) is 2. The molecular formula is C11H12Cl3N3. The van der Waals surface area contributed by atoms with Crippen molar-refractivity contribution in [1.82, 2.24) is 14.4 Å². The Labute approximate surface area is 115 Å². The number of nitrogens with zero attached hydrogens (tertiary/aromatic N) is 3. The molecule has 0 amide bonds. The van der Waals surface area contributed by atoms with Crippen molar-refractivity contribution in [3.05, 3.63) is 28.9 Å². The summed E-state index contributed by atoms with van der Waals surface area (Å²) in [5, 5.41) is 0.576. The van der Waals surface area contributed by atoms with E-state index in [1.165, 1.54) is 0 Å². The average Bonchev–Trinajstić information content (AvgIpc) is 2.55. The molecule has 0 bridgehead atoms. The number of alkyl halides is 2. The van der Waals surface area contributed by atoms with Crippen molar-refractivity contribution >= 4 is 40.4 Å². The molecule has 2 aromatic heterocycles. The fourth-order valence-electron chi connectivity index (χ4n) is 1.53. The van der Waals surface area contributed by atoms with E-state index < -0.39 is 4.84 Å². The van der Waals surface area contributed by atoms with Crippen LogP contribution in [0.25, 0.3) is 5.65 Å². The van der Waals surface area contributed by atoms with E-state index >= 15 is 0 Å². The number of halogens is 3. The molecule has 0 saturated carbocycles. The van der Waals surface area contributed by atoms with Gasteiger partial charge >= 0.3 is 0 Å². The fourth-order valence-corrected chi connectivity index (χ4v) is 2.23. The molecule has 92 valence electrons. The lowest BCUT2D eigenvalue weighted by atomic mass is 9.93. The Morgan fingerprint density at radius 2 is 1.94 bits per heavy atom. The summed E-state index contributed by atoms with van der Waals surface area (Å²) in [6.07, 6.45) is 1.59. The van der Waals surface area contributed by atoms with E-state index in [0.717, 1.165) is 5.69 Å². The molecule has 0 aromatic carbocycles. The van der Waals surface area contributed by atoms with E-state index in [1.807, 2.05) is 0 Å². The molecule has 17 heavy (non-hydrogen) atoms. The molecule has 3 nitrogen and oxygen atoms in total. The second kappa shape index (κ2) is 4.30. The monoisotopic (exact) mass is 291 g/mol. The first-order chi connectivity index (χ1) is 7.80. The van der Waals surface area contributed by atoms with Crippen LogP contribution in [0.4, 0.5) is 0 Å². The van der Waals surface area contributed by atoms with E-state index in [-0.39, 0.29) is 5.41 Å². The maximum Gasteiger partial charge on any atom is 0.149 e. The molecule has 0 spiro atoms. The van der Waals surface area contributed by atoms with Gasteiger partial charge in [0.25, 0.3) is 0 Å². The van der Waals surface area contributed by atoms with Gasteiger partial charge in [-0.3, -0.25) is 4.40 Å². The Morgan fingerprint density at radius 3 is 2.47 bits per heavy atom. The molecular weight excluding hydrogens is 281 g/mol. The highest BCUT2D eigenvalue weighted by atomic mass is 35.5. The van der Waals surface area contributed by atoms with Crippen LogP contribution in [-0.2, 0) is 5.41 Å². The second-order valence-electron chi connectivity index (χ2n) is 4.84. The zero-order chi connectivity index (χ0) is 12.8. The summed E-state index contributed by atoms with van der Waals surface area (Å²) < 4.78 is 1.72. The Balaban J connectivity index is 2.66. The molecule has 0 aliphatic rings. The van der Waals surface area contributed by atoms with Gasteiger partial charge in [0.05, 0.1) is 11.4 Å². The van der Waals surface area contributed by atoms with Crippen molar-refractivity contribution in [2.45, 2.75) is 31.0 Å². The van der Waals surface area contributed by atoms with Gasteiger partial charge in [0.15, 0.2) is 0 Å². The minimum Gasteiger partial charge on any atom is -0.273 e. The molecule has 2 rings (SSSR count). The third-order valence-electron chi connectivity index (χ3n) is 2.41. The van der Waals surface area contributed by atoms with Crippen LogP contribution in [0.15, 0.2) is 12.4 Å². The molecule has 0 saturated heterocycles. The second-order valence-corrected chi connectivity index (χ2v) is 6.30. The lowest BCUT2D eigenvalue weighted by Gasteiger charge is -2.15. The minimum absolute atomic E-state index is 0.120. The van der Waals surface area contributed by atoms with Gasteiger partial charge in [-0.2, -0.15) is 0 Å². The van der Waals surface area contributed by atoms with Crippen LogP contribution in [-0.4, -0.2) is 14.4 Å². The van der Waals surface area contributed by atoms with E-state index in [2.05, 4.69) is 30.7 Å². The molecule has 0 N–H and O–H groups in total. The van der Waals surface area contributed by atoms with Gasteiger partial charge in [-0.25, -0.2) is 9.97 Å². The predicted octanol–water partition coefficient (Wildman–Crippen LogP) is 4.16. The number of hydrogen-bond donors (Lipinski definition) is 0. The van der Waals surface area contributed by atoms with Crippen molar-refractivity contribution in [3.63, 3.8) is 0 Å². The van der Waals surface area contributed by atoms with Crippen molar-refractivity contribution in [2.24, 2.45) is 0 Å². The smallest absolute Gasteiger partial charge is 0.149 e. The molecule has 0 fully saturated rings. The maximum absolute atomic E-state index is 6.27. The number of imidazole rings is 1. The van der Waals surface area contributed by atoms with Crippen LogP contribution in [0.1, 0.15) is 37.0 Å². The highest BCUT2D eigenvalue weighted by Gasteiger charge is 2.23. The topological polar surface area (TPSA) is 30.2 Å². The van der Waals surface area contributed by atoms with Crippen LogP contribution in [0, 0.1) is 0 Å². The van der Waals surface area contributed by atoms with Gasteiger partial charge < -0.3 is 0 Å². The van der Waals surface area contributed by atoms with Crippen LogP contribution in [0.2, 0.25) is 5.15 Å². The average molecular weight is 293 g/mol. The normalized spacial score (nSPS) is 12.6. The Bertz CT molecular complexity index is 555. The van der Waals surface area contributed by atoms with Gasteiger partial charge in [0.1, 0.15) is 22.0 Å². The molecule has 2 heterocycles. The first kappa shape index (κ1) is 12.9. The SMILES string of the molecule is CC(C)(C)c1nc2cc(C(Cl)Cl)ncn2c1Cl. The molecule has 0 radical (unpaired) electrons. The van der Waals surface area contributed by atoms with Gasteiger partial charge in [-0.1, -0.05) is 55.6 Å². The first-order valence-corrected chi connectivity index (χ1v) is 6.38. The minimum atomic E-state index is -0.659. The molecule has 2 aromatic rings. The van der Waals surface area contributed by atoms with Crippen LogP contribution in [0.5, 0.6) is 0 Å². The summed E-state index contributed by atoms with van der Waals surface area (Å²) in [6, 6.07) is 1.74. The zero-order valence-electron chi connectivity index (χ0n) is 9.71. The molecule has 0 unspecified atom stereocenters. The Hall–Kier alpha value is -0.510. The van der Waals surface area contributed by atoms with Gasteiger partial charge in [0.2, 0.25) is 0 Å². The largest absolute Gasteiger partial charge is 0.273 e. The lowest BCUT2D eigenvalue weighted by molar-refractivity contribution is 0.573. The van der Waals surface area contributed by atoms with E-state index in [0.29, 0.717) is 16.5 Å². The van der Waals surface area contributed by atoms with Crippen molar-refractivity contribution in [2.75, 3.05) is 0 Å². The summed E-state index contributed by atoms with van der Waals surface area (Å²) >= 11 is 17.8. The van der Waals surface area contributed by atoms with Gasteiger partial charge in [0, 0.05) is 11.5 Å². The standard InChI is InChI=1S/C11H12Cl3N3/c1-11(2,3)8-10(14)17-5-15-6(9(12)13)4-7(17)16-8/h4-5,9H,1-3H3. The Morgan fingerprint density at radius 1 is 1.29 bits per heavy atom. The Kier molecular flexibility index (Phi) is 3.27. The number of aromatic nitrogens is 3. The van der Waals surface area contributed by atoms with Crippen molar-refractivity contribution < 1.29 is 0 Å². The third kappa shape index (κ3) is 2.37. The zero-order valence-corrected chi connectivity index (χ0v) is 12.0. The molecule has 0 aliphatic carbocycles. The van der Waals surface area contributed by atoms with Crippen LogP contribution in [0.3, 0.4) is 0 Å². The molecule has 0 atom stereocenters. The summed E-state index contributed by atoms with van der Waals surface area (Å²) in [7, 11) is 0.